The Bertz CT molecular complexity index is 479. The van der Waals surface area contributed by atoms with Crippen molar-refractivity contribution >= 4 is 22.2 Å². The fourth-order valence-electron chi connectivity index (χ4n) is 1.24. The van der Waals surface area contributed by atoms with Crippen LogP contribution in [0.15, 0.2) is 39.4 Å². The van der Waals surface area contributed by atoms with Crippen LogP contribution in [0.25, 0.3) is 11.5 Å². The lowest BCUT2D eigenvalue weighted by Crippen LogP contribution is -1.79. The quantitative estimate of drug-likeness (QED) is 0.802. The Labute approximate surface area is 95.3 Å². The summed E-state index contributed by atoms with van der Waals surface area (Å²) in [4.78, 5) is 14.4. The summed E-state index contributed by atoms with van der Waals surface area (Å²) >= 11 is 3.37. The van der Waals surface area contributed by atoms with Crippen LogP contribution in [0, 0.1) is 0 Å². The zero-order valence-corrected chi connectivity index (χ0v) is 9.40. The summed E-state index contributed by atoms with van der Waals surface area (Å²) in [6.45, 7) is 0. The van der Waals surface area contributed by atoms with Gasteiger partial charge in [-0.05, 0) is 18.2 Å². The van der Waals surface area contributed by atoms with Gasteiger partial charge in [0.1, 0.15) is 12.0 Å². The average molecular weight is 266 g/mol. The second kappa shape index (κ2) is 4.40. The van der Waals surface area contributed by atoms with E-state index in [4.69, 9.17) is 4.42 Å². The molecule has 0 amide bonds. The van der Waals surface area contributed by atoms with Gasteiger partial charge in [0.25, 0.3) is 0 Å². The molecule has 1 aromatic carbocycles. The third-order valence-electron chi connectivity index (χ3n) is 1.91. The van der Waals surface area contributed by atoms with E-state index in [2.05, 4.69) is 20.9 Å². The Balaban J connectivity index is 2.32. The number of benzene rings is 1. The molecule has 2 rings (SSSR count). The molecule has 0 saturated heterocycles. The third kappa shape index (κ3) is 2.33. The molecule has 4 heteroatoms. The number of hydrogen-bond acceptors (Lipinski definition) is 3. The molecule has 0 saturated carbocycles. The fraction of sp³-hybridized carbons (Fsp3) is 0.0909. The summed E-state index contributed by atoms with van der Waals surface area (Å²) < 4.78 is 6.37. The minimum atomic E-state index is 0.265. The summed E-state index contributed by atoms with van der Waals surface area (Å²) in [6, 6.07) is 7.65. The maximum absolute atomic E-state index is 10.3. The van der Waals surface area contributed by atoms with E-state index < -0.39 is 0 Å². The van der Waals surface area contributed by atoms with Gasteiger partial charge in [-0.2, -0.15) is 0 Å². The maximum Gasteiger partial charge on any atom is 0.226 e. The van der Waals surface area contributed by atoms with E-state index in [1.807, 2.05) is 24.3 Å². The topological polar surface area (TPSA) is 43.1 Å². The summed E-state index contributed by atoms with van der Waals surface area (Å²) in [5, 5.41) is 0. The van der Waals surface area contributed by atoms with Crippen LogP contribution in [-0.2, 0) is 11.2 Å². The molecule has 0 aliphatic heterocycles. The molecular formula is C11H8BrNO2. The predicted molar refractivity (Wildman–Crippen MR) is 59.4 cm³/mol. The fourth-order valence-corrected chi connectivity index (χ4v) is 1.64. The van der Waals surface area contributed by atoms with Crippen LogP contribution in [0.5, 0.6) is 0 Å². The maximum atomic E-state index is 10.3. The summed E-state index contributed by atoms with van der Waals surface area (Å²) in [5.41, 5.74) is 0.890. The Kier molecular flexibility index (Phi) is 2.97. The average Bonchev–Trinajstić information content (AvgIpc) is 2.67. The molecule has 0 fully saturated rings. The predicted octanol–water partition coefficient (Wildman–Crippen LogP) is 2.85. The number of aldehydes is 1. The standard InChI is InChI=1S/C11H8BrNO2/c12-9-3-1-2-8(6-9)11-13-7-10(15-11)4-5-14/h1-3,5-7H,4H2. The third-order valence-corrected chi connectivity index (χ3v) is 2.40. The van der Waals surface area contributed by atoms with Crippen LogP contribution in [0.4, 0.5) is 0 Å². The van der Waals surface area contributed by atoms with Crippen molar-refractivity contribution in [2.45, 2.75) is 6.42 Å². The van der Waals surface area contributed by atoms with E-state index >= 15 is 0 Å². The summed E-state index contributed by atoms with van der Waals surface area (Å²) in [6.07, 6.45) is 2.64. The van der Waals surface area contributed by atoms with Crippen LogP contribution in [0.3, 0.4) is 0 Å². The molecule has 0 spiro atoms. The lowest BCUT2D eigenvalue weighted by atomic mass is 10.2. The zero-order valence-electron chi connectivity index (χ0n) is 7.81. The van der Waals surface area contributed by atoms with Gasteiger partial charge in [-0.1, -0.05) is 22.0 Å². The first kappa shape index (κ1) is 10.1. The van der Waals surface area contributed by atoms with Crippen molar-refractivity contribution in [2.24, 2.45) is 0 Å². The highest BCUT2D eigenvalue weighted by Gasteiger charge is 2.06. The number of rotatable bonds is 3. The molecule has 3 nitrogen and oxygen atoms in total. The number of nitrogens with zero attached hydrogens (tertiary/aromatic N) is 1. The minimum Gasteiger partial charge on any atom is -0.441 e. The van der Waals surface area contributed by atoms with Crippen molar-refractivity contribution in [3.8, 4) is 11.5 Å². The molecule has 0 aliphatic carbocycles. The molecule has 0 atom stereocenters. The van der Waals surface area contributed by atoms with Gasteiger partial charge < -0.3 is 9.21 Å². The number of oxazole rings is 1. The summed E-state index contributed by atoms with van der Waals surface area (Å²) in [7, 11) is 0. The van der Waals surface area contributed by atoms with Gasteiger partial charge in [0.05, 0.1) is 12.6 Å². The second-order valence-electron chi connectivity index (χ2n) is 3.01. The first-order chi connectivity index (χ1) is 7.29. The molecule has 0 radical (unpaired) electrons. The van der Waals surface area contributed by atoms with Gasteiger partial charge >= 0.3 is 0 Å². The lowest BCUT2D eigenvalue weighted by Gasteiger charge is -1.95. The van der Waals surface area contributed by atoms with E-state index in [-0.39, 0.29) is 6.42 Å². The molecule has 15 heavy (non-hydrogen) atoms. The number of aromatic nitrogens is 1. The van der Waals surface area contributed by atoms with Gasteiger partial charge in [-0.3, -0.25) is 0 Å². The van der Waals surface area contributed by atoms with Crippen LogP contribution in [-0.4, -0.2) is 11.3 Å². The molecule has 0 bridgehead atoms. The Morgan fingerprint density at radius 1 is 1.47 bits per heavy atom. The highest BCUT2D eigenvalue weighted by Crippen LogP contribution is 2.22. The largest absolute Gasteiger partial charge is 0.441 e. The van der Waals surface area contributed by atoms with Gasteiger partial charge in [0, 0.05) is 10.0 Å². The van der Waals surface area contributed by atoms with E-state index in [0.717, 1.165) is 16.3 Å². The molecule has 2 aromatic rings. The van der Waals surface area contributed by atoms with Crippen molar-refractivity contribution in [1.29, 1.82) is 0 Å². The van der Waals surface area contributed by atoms with Crippen molar-refractivity contribution < 1.29 is 9.21 Å². The highest BCUT2D eigenvalue weighted by molar-refractivity contribution is 9.10. The van der Waals surface area contributed by atoms with E-state index in [1.165, 1.54) is 0 Å². The van der Waals surface area contributed by atoms with E-state index in [0.29, 0.717) is 11.7 Å². The van der Waals surface area contributed by atoms with Crippen LogP contribution in [0.1, 0.15) is 5.76 Å². The molecule has 0 N–H and O–H groups in total. The van der Waals surface area contributed by atoms with Crippen LogP contribution < -0.4 is 0 Å². The van der Waals surface area contributed by atoms with Crippen molar-refractivity contribution in [3.63, 3.8) is 0 Å². The molecule has 76 valence electrons. The summed E-state index contributed by atoms with van der Waals surface area (Å²) in [5.74, 6) is 1.12. The van der Waals surface area contributed by atoms with Crippen LogP contribution in [0.2, 0.25) is 0 Å². The molecule has 1 heterocycles. The normalized spacial score (nSPS) is 10.2. The van der Waals surface area contributed by atoms with Gasteiger partial charge in [0.15, 0.2) is 0 Å². The molecule has 0 unspecified atom stereocenters. The number of carbonyl (C=O) groups excluding carboxylic acids is 1. The van der Waals surface area contributed by atoms with Crippen molar-refractivity contribution in [3.05, 3.63) is 40.7 Å². The Hall–Kier alpha value is -1.42. The number of halogens is 1. The first-order valence-corrected chi connectivity index (χ1v) is 5.23. The zero-order chi connectivity index (χ0) is 10.7. The van der Waals surface area contributed by atoms with Gasteiger partial charge in [-0.25, -0.2) is 4.98 Å². The minimum absolute atomic E-state index is 0.265. The molecular weight excluding hydrogens is 258 g/mol. The van der Waals surface area contributed by atoms with E-state index in [9.17, 15) is 4.79 Å². The Morgan fingerprint density at radius 3 is 3.07 bits per heavy atom. The first-order valence-electron chi connectivity index (χ1n) is 4.44. The molecule has 0 aliphatic rings. The number of hydrogen-bond donors (Lipinski definition) is 0. The van der Waals surface area contributed by atoms with Gasteiger partial charge in [-0.15, -0.1) is 0 Å². The van der Waals surface area contributed by atoms with Crippen molar-refractivity contribution in [2.75, 3.05) is 0 Å². The van der Waals surface area contributed by atoms with Crippen LogP contribution >= 0.6 is 15.9 Å². The SMILES string of the molecule is O=CCc1cnc(-c2cccc(Br)c2)o1. The number of carbonyl (C=O) groups is 1. The Morgan fingerprint density at radius 2 is 2.33 bits per heavy atom. The monoisotopic (exact) mass is 265 g/mol. The van der Waals surface area contributed by atoms with Gasteiger partial charge in [0.2, 0.25) is 5.89 Å². The highest BCUT2D eigenvalue weighted by atomic mass is 79.9. The molecule has 1 aromatic heterocycles. The second-order valence-corrected chi connectivity index (χ2v) is 3.93. The smallest absolute Gasteiger partial charge is 0.226 e. The van der Waals surface area contributed by atoms with E-state index in [1.54, 1.807) is 6.20 Å². The van der Waals surface area contributed by atoms with Crippen molar-refractivity contribution in [1.82, 2.24) is 4.98 Å². The lowest BCUT2D eigenvalue weighted by molar-refractivity contribution is -0.107.